The molecule has 0 bridgehead atoms. The summed E-state index contributed by atoms with van der Waals surface area (Å²) < 4.78 is 9.96. The van der Waals surface area contributed by atoms with E-state index in [-0.39, 0.29) is 17.1 Å². The molecule has 0 heterocycles. The summed E-state index contributed by atoms with van der Waals surface area (Å²) in [4.78, 5) is 33.7. The zero-order valence-corrected chi connectivity index (χ0v) is 13.1. The molecule has 1 atom stereocenters. The van der Waals surface area contributed by atoms with E-state index in [1.165, 1.54) is 38.3 Å². The third kappa shape index (κ3) is 5.42. The maximum atomic E-state index is 12.0. The number of hydrogen-bond acceptors (Lipinski definition) is 6. The molecule has 0 radical (unpaired) electrons. The van der Waals surface area contributed by atoms with Crippen LogP contribution >= 0.6 is 0 Å². The van der Waals surface area contributed by atoms with Gasteiger partial charge in [0.1, 0.15) is 5.75 Å². The average molecular weight is 322 g/mol. The number of benzene rings is 1. The Morgan fingerprint density at radius 2 is 2.13 bits per heavy atom. The van der Waals surface area contributed by atoms with Gasteiger partial charge in [-0.25, -0.2) is 4.79 Å². The number of nitrogens with zero attached hydrogens (tertiary/aromatic N) is 1. The van der Waals surface area contributed by atoms with Crippen molar-refractivity contribution in [2.45, 2.75) is 26.4 Å². The van der Waals surface area contributed by atoms with Gasteiger partial charge in [-0.3, -0.25) is 14.9 Å². The Balaban J connectivity index is 2.83. The van der Waals surface area contributed by atoms with Gasteiger partial charge >= 0.3 is 5.97 Å². The molecule has 0 spiro atoms. The van der Waals surface area contributed by atoms with Gasteiger partial charge in [-0.05, 0) is 19.4 Å². The normalized spacial score (nSPS) is 11.8. The molecular formula is C15H18N2O6. The number of methoxy groups -OCH3 is 1. The Bertz CT molecular complexity index is 626. The zero-order chi connectivity index (χ0) is 17.4. The van der Waals surface area contributed by atoms with Gasteiger partial charge in [0, 0.05) is 18.2 Å². The standard InChI is InChI=1S/C15H18N2O6/c1-4-5-6-14(18)23-10(2)15(19)16-12-9-11(17(20)21)7-8-13(12)22-3/h5-10H,4H2,1-3H3,(H,16,19)/b6-5+/t10-/m1/s1. The number of rotatable bonds is 7. The number of ether oxygens (including phenoxy) is 2. The quantitative estimate of drug-likeness (QED) is 0.357. The van der Waals surface area contributed by atoms with Crippen LogP contribution in [0.3, 0.4) is 0 Å². The summed E-state index contributed by atoms with van der Waals surface area (Å²) in [6.45, 7) is 3.26. The van der Waals surface area contributed by atoms with Crippen LogP contribution in [-0.2, 0) is 14.3 Å². The van der Waals surface area contributed by atoms with Crippen LogP contribution in [0, 0.1) is 10.1 Å². The van der Waals surface area contributed by atoms with E-state index in [4.69, 9.17) is 9.47 Å². The van der Waals surface area contributed by atoms with Crippen molar-refractivity contribution in [2.75, 3.05) is 12.4 Å². The van der Waals surface area contributed by atoms with Crippen molar-refractivity contribution in [2.24, 2.45) is 0 Å². The fraction of sp³-hybridized carbons (Fsp3) is 0.333. The molecule has 0 fully saturated rings. The lowest BCUT2D eigenvalue weighted by atomic mass is 10.2. The minimum atomic E-state index is -1.06. The highest BCUT2D eigenvalue weighted by Crippen LogP contribution is 2.29. The van der Waals surface area contributed by atoms with Crippen molar-refractivity contribution in [1.82, 2.24) is 0 Å². The number of anilines is 1. The van der Waals surface area contributed by atoms with Crippen molar-refractivity contribution < 1.29 is 24.0 Å². The second-order valence-electron chi connectivity index (χ2n) is 4.52. The van der Waals surface area contributed by atoms with Gasteiger partial charge in [0.05, 0.1) is 17.7 Å². The first-order chi connectivity index (χ1) is 10.9. The summed E-state index contributed by atoms with van der Waals surface area (Å²) in [6, 6.07) is 3.80. The summed E-state index contributed by atoms with van der Waals surface area (Å²) >= 11 is 0. The molecule has 0 unspecified atom stereocenters. The van der Waals surface area contributed by atoms with E-state index >= 15 is 0 Å². The highest BCUT2D eigenvalue weighted by atomic mass is 16.6. The molecule has 1 aromatic rings. The second kappa shape index (κ2) is 8.52. The molecule has 1 N–H and O–H groups in total. The molecule has 0 saturated carbocycles. The van der Waals surface area contributed by atoms with Crippen molar-refractivity contribution in [3.8, 4) is 5.75 Å². The highest BCUT2D eigenvalue weighted by molar-refractivity contribution is 5.97. The first-order valence-electron chi connectivity index (χ1n) is 6.89. The number of amides is 1. The molecule has 0 saturated heterocycles. The molecule has 23 heavy (non-hydrogen) atoms. The van der Waals surface area contributed by atoms with Crippen LogP contribution in [-0.4, -0.2) is 30.0 Å². The molecule has 0 aliphatic carbocycles. The molecule has 0 aliphatic rings. The molecule has 1 aromatic carbocycles. The third-order valence-corrected chi connectivity index (χ3v) is 2.80. The second-order valence-corrected chi connectivity index (χ2v) is 4.52. The Labute approximate surface area is 133 Å². The zero-order valence-electron chi connectivity index (χ0n) is 13.1. The fourth-order valence-electron chi connectivity index (χ4n) is 1.62. The number of allylic oxidation sites excluding steroid dienone is 1. The van der Waals surface area contributed by atoms with Gasteiger partial charge in [0.2, 0.25) is 0 Å². The topological polar surface area (TPSA) is 108 Å². The summed E-state index contributed by atoms with van der Waals surface area (Å²) in [5, 5.41) is 13.2. The number of nitrogens with one attached hydrogen (secondary N) is 1. The van der Waals surface area contributed by atoms with Crippen molar-refractivity contribution >= 4 is 23.3 Å². The minimum Gasteiger partial charge on any atom is -0.495 e. The number of nitro benzene ring substituents is 1. The first kappa shape index (κ1) is 18.1. The van der Waals surface area contributed by atoms with Gasteiger partial charge in [0.25, 0.3) is 11.6 Å². The Hall–Kier alpha value is -2.90. The highest BCUT2D eigenvalue weighted by Gasteiger charge is 2.20. The van der Waals surface area contributed by atoms with E-state index in [0.717, 1.165) is 0 Å². The Morgan fingerprint density at radius 1 is 1.43 bits per heavy atom. The predicted octanol–water partition coefficient (Wildman–Crippen LogP) is 2.44. The Kier molecular flexibility index (Phi) is 6.72. The van der Waals surface area contributed by atoms with Gasteiger partial charge in [-0.2, -0.15) is 0 Å². The molecule has 1 amide bonds. The van der Waals surface area contributed by atoms with Crippen LogP contribution < -0.4 is 10.1 Å². The average Bonchev–Trinajstić information content (AvgIpc) is 2.52. The molecule has 0 aliphatic heterocycles. The number of nitro groups is 1. The van der Waals surface area contributed by atoms with Gasteiger partial charge in [-0.1, -0.05) is 13.0 Å². The summed E-state index contributed by atoms with van der Waals surface area (Å²) in [7, 11) is 1.37. The van der Waals surface area contributed by atoms with Crippen LogP contribution in [0.15, 0.2) is 30.4 Å². The van der Waals surface area contributed by atoms with Crippen LogP contribution in [0.4, 0.5) is 11.4 Å². The number of carbonyl (C=O) groups is 2. The Morgan fingerprint density at radius 3 is 2.70 bits per heavy atom. The van der Waals surface area contributed by atoms with E-state index in [1.54, 1.807) is 6.08 Å². The van der Waals surface area contributed by atoms with Crippen molar-refractivity contribution in [3.63, 3.8) is 0 Å². The minimum absolute atomic E-state index is 0.124. The molecule has 8 nitrogen and oxygen atoms in total. The maximum absolute atomic E-state index is 12.0. The van der Waals surface area contributed by atoms with E-state index in [9.17, 15) is 19.7 Å². The molecule has 0 aromatic heterocycles. The van der Waals surface area contributed by atoms with Crippen LogP contribution in [0.2, 0.25) is 0 Å². The number of esters is 1. The molecular weight excluding hydrogens is 304 g/mol. The lowest BCUT2D eigenvalue weighted by Crippen LogP contribution is -2.29. The van der Waals surface area contributed by atoms with Gasteiger partial charge in [0.15, 0.2) is 6.10 Å². The van der Waals surface area contributed by atoms with E-state index < -0.39 is 22.9 Å². The maximum Gasteiger partial charge on any atom is 0.331 e. The lowest BCUT2D eigenvalue weighted by Gasteiger charge is -2.14. The first-order valence-corrected chi connectivity index (χ1v) is 6.89. The number of carbonyl (C=O) groups excluding carboxylic acids is 2. The predicted molar refractivity (Wildman–Crippen MR) is 83.3 cm³/mol. The molecule has 8 heteroatoms. The summed E-state index contributed by atoms with van der Waals surface area (Å²) in [5.74, 6) is -1.00. The SMILES string of the molecule is CC/C=C/C(=O)O[C@H](C)C(=O)Nc1cc([N+](=O)[O-])ccc1OC. The smallest absolute Gasteiger partial charge is 0.331 e. The number of hydrogen-bond donors (Lipinski definition) is 1. The van der Waals surface area contributed by atoms with Gasteiger partial charge < -0.3 is 14.8 Å². The van der Waals surface area contributed by atoms with E-state index in [0.29, 0.717) is 6.42 Å². The summed E-state index contributed by atoms with van der Waals surface area (Å²) in [6.07, 6.45) is 2.45. The van der Waals surface area contributed by atoms with Crippen molar-refractivity contribution in [1.29, 1.82) is 0 Å². The fourth-order valence-corrected chi connectivity index (χ4v) is 1.62. The summed E-state index contributed by atoms with van der Waals surface area (Å²) in [5.41, 5.74) is -0.0738. The van der Waals surface area contributed by atoms with Crippen LogP contribution in [0.25, 0.3) is 0 Å². The monoisotopic (exact) mass is 322 g/mol. The molecule has 124 valence electrons. The largest absolute Gasteiger partial charge is 0.495 e. The number of non-ortho nitro benzene ring substituents is 1. The van der Waals surface area contributed by atoms with Crippen molar-refractivity contribution in [3.05, 3.63) is 40.5 Å². The van der Waals surface area contributed by atoms with Crippen LogP contribution in [0.1, 0.15) is 20.3 Å². The third-order valence-electron chi connectivity index (χ3n) is 2.80. The van der Waals surface area contributed by atoms with Gasteiger partial charge in [-0.15, -0.1) is 0 Å². The van der Waals surface area contributed by atoms with Crippen LogP contribution in [0.5, 0.6) is 5.75 Å². The van der Waals surface area contributed by atoms with E-state index in [2.05, 4.69) is 5.32 Å². The molecule has 1 rings (SSSR count). The van der Waals surface area contributed by atoms with E-state index in [1.807, 2.05) is 6.92 Å². The lowest BCUT2D eigenvalue weighted by molar-refractivity contribution is -0.384.